The van der Waals surface area contributed by atoms with Gasteiger partial charge in [0.05, 0.1) is 20.0 Å². The summed E-state index contributed by atoms with van der Waals surface area (Å²) in [5, 5.41) is 2.90. The summed E-state index contributed by atoms with van der Waals surface area (Å²) >= 11 is 0. The number of furan rings is 1. The predicted molar refractivity (Wildman–Crippen MR) is 100 cm³/mol. The fourth-order valence-electron chi connectivity index (χ4n) is 2.52. The number of nitrogens with zero attached hydrogens (tertiary/aromatic N) is 1. The van der Waals surface area contributed by atoms with Crippen molar-refractivity contribution in [3.05, 3.63) is 53.7 Å². The number of ether oxygens (including phenoxy) is 2. The van der Waals surface area contributed by atoms with Crippen LogP contribution in [-0.4, -0.2) is 38.3 Å². The van der Waals surface area contributed by atoms with E-state index in [9.17, 15) is 9.18 Å². The molecule has 148 valence electrons. The number of carbonyl (C=O) groups excluding carboxylic acids is 1. The molecule has 2 amide bonds. The summed E-state index contributed by atoms with van der Waals surface area (Å²) in [6, 6.07) is 7.48. The molecule has 6 nitrogen and oxygen atoms in total. The van der Waals surface area contributed by atoms with Crippen molar-refractivity contribution < 1.29 is 23.1 Å². The first-order valence-electron chi connectivity index (χ1n) is 8.86. The second-order valence-electron chi connectivity index (χ2n) is 6.77. The minimum Gasteiger partial charge on any atom is -0.494 e. The summed E-state index contributed by atoms with van der Waals surface area (Å²) < 4.78 is 29.8. The molecule has 0 bridgehead atoms. The van der Waals surface area contributed by atoms with Crippen LogP contribution in [0.3, 0.4) is 0 Å². The minimum absolute atomic E-state index is 0.172. The van der Waals surface area contributed by atoms with Crippen LogP contribution in [0.1, 0.15) is 31.2 Å². The highest BCUT2D eigenvalue weighted by Gasteiger charge is 2.20. The van der Waals surface area contributed by atoms with Crippen molar-refractivity contribution >= 4 is 6.03 Å². The third-order valence-corrected chi connectivity index (χ3v) is 3.90. The van der Waals surface area contributed by atoms with Gasteiger partial charge in [-0.3, -0.25) is 0 Å². The van der Waals surface area contributed by atoms with E-state index in [0.29, 0.717) is 30.5 Å². The summed E-state index contributed by atoms with van der Waals surface area (Å²) in [7, 11) is 3.05. The van der Waals surface area contributed by atoms with Crippen LogP contribution in [-0.2, 0) is 11.3 Å². The normalized spacial score (nSPS) is 12.1. The molecule has 0 aliphatic heterocycles. The highest BCUT2D eigenvalue weighted by Crippen LogP contribution is 2.19. The van der Waals surface area contributed by atoms with Gasteiger partial charge in [0.2, 0.25) is 0 Å². The quantitative estimate of drug-likeness (QED) is 0.717. The van der Waals surface area contributed by atoms with E-state index in [1.54, 1.807) is 37.6 Å². The van der Waals surface area contributed by atoms with Crippen LogP contribution in [0.4, 0.5) is 9.18 Å². The average Bonchev–Trinajstić information content (AvgIpc) is 3.15. The van der Waals surface area contributed by atoms with Gasteiger partial charge in [-0.05, 0) is 35.7 Å². The van der Waals surface area contributed by atoms with Gasteiger partial charge in [0.25, 0.3) is 0 Å². The standard InChI is InChI=1S/C20H27FN2O4/c1-14(2)12-26-13-17(19-6-5-9-27-19)22-20(24)23(3)11-15-7-8-18(25-4)16(21)10-15/h5-10,14,17H,11-13H2,1-4H3,(H,22,24). The van der Waals surface area contributed by atoms with Crippen LogP contribution >= 0.6 is 0 Å². The van der Waals surface area contributed by atoms with E-state index < -0.39 is 11.9 Å². The molecule has 0 spiro atoms. The number of halogens is 1. The summed E-state index contributed by atoms with van der Waals surface area (Å²) in [4.78, 5) is 14.0. The Kier molecular flexibility index (Phi) is 7.67. The zero-order valence-corrected chi connectivity index (χ0v) is 16.2. The molecule has 0 radical (unpaired) electrons. The first-order chi connectivity index (χ1) is 12.9. The fraction of sp³-hybridized carbons (Fsp3) is 0.450. The van der Waals surface area contributed by atoms with Crippen molar-refractivity contribution in [3.63, 3.8) is 0 Å². The summed E-state index contributed by atoms with van der Waals surface area (Å²) in [5.41, 5.74) is 0.663. The maximum absolute atomic E-state index is 13.8. The van der Waals surface area contributed by atoms with Crippen LogP contribution in [0.25, 0.3) is 0 Å². The molecule has 2 aromatic rings. The fourth-order valence-corrected chi connectivity index (χ4v) is 2.52. The van der Waals surface area contributed by atoms with Crippen molar-refractivity contribution in [3.8, 4) is 5.75 Å². The molecule has 1 heterocycles. The van der Waals surface area contributed by atoms with Crippen LogP contribution in [0.2, 0.25) is 0 Å². The molecule has 0 fully saturated rings. The first-order valence-corrected chi connectivity index (χ1v) is 8.86. The number of carbonyl (C=O) groups is 1. The van der Waals surface area contributed by atoms with E-state index in [1.807, 2.05) is 0 Å². The molecule has 1 atom stereocenters. The van der Waals surface area contributed by atoms with Gasteiger partial charge in [0.1, 0.15) is 11.8 Å². The molecule has 1 aromatic heterocycles. The van der Waals surface area contributed by atoms with Crippen molar-refractivity contribution in [1.82, 2.24) is 10.2 Å². The lowest BCUT2D eigenvalue weighted by Crippen LogP contribution is -2.40. The largest absolute Gasteiger partial charge is 0.494 e. The van der Waals surface area contributed by atoms with Crippen molar-refractivity contribution in [1.29, 1.82) is 0 Å². The zero-order valence-electron chi connectivity index (χ0n) is 16.2. The number of amides is 2. The number of nitrogens with one attached hydrogen (secondary N) is 1. The maximum Gasteiger partial charge on any atom is 0.318 e. The number of hydrogen-bond acceptors (Lipinski definition) is 4. The average molecular weight is 378 g/mol. The van der Waals surface area contributed by atoms with Crippen molar-refractivity contribution in [2.24, 2.45) is 5.92 Å². The number of urea groups is 1. The van der Waals surface area contributed by atoms with Gasteiger partial charge in [-0.25, -0.2) is 9.18 Å². The summed E-state index contributed by atoms with van der Waals surface area (Å²) in [5.74, 6) is 0.729. The van der Waals surface area contributed by atoms with E-state index in [0.717, 1.165) is 0 Å². The lowest BCUT2D eigenvalue weighted by Gasteiger charge is -2.23. The van der Waals surface area contributed by atoms with Crippen LogP contribution < -0.4 is 10.1 Å². The van der Waals surface area contributed by atoms with E-state index in [-0.39, 0.29) is 18.3 Å². The molecule has 1 aromatic carbocycles. The Hall–Kier alpha value is -2.54. The topological polar surface area (TPSA) is 63.9 Å². The second kappa shape index (κ2) is 9.97. The van der Waals surface area contributed by atoms with Gasteiger partial charge in [-0.1, -0.05) is 19.9 Å². The molecule has 0 aliphatic rings. The third-order valence-electron chi connectivity index (χ3n) is 3.90. The lowest BCUT2D eigenvalue weighted by atomic mass is 10.2. The summed E-state index contributed by atoms with van der Waals surface area (Å²) in [6.45, 7) is 5.27. The van der Waals surface area contributed by atoms with Crippen LogP contribution in [0.15, 0.2) is 41.0 Å². The molecule has 27 heavy (non-hydrogen) atoms. The Balaban J connectivity index is 1.97. The molecule has 2 rings (SSSR count). The lowest BCUT2D eigenvalue weighted by molar-refractivity contribution is 0.0849. The van der Waals surface area contributed by atoms with Gasteiger partial charge in [0, 0.05) is 20.2 Å². The van der Waals surface area contributed by atoms with E-state index >= 15 is 0 Å². The highest BCUT2D eigenvalue weighted by molar-refractivity contribution is 5.74. The van der Waals surface area contributed by atoms with Crippen molar-refractivity contribution in [2.75, 3.05) is 27.4 Å². The van der Waals surface area contributed by atoms with E-state index in [4.69, 9.17) is 13.9 Å². The zero-order chi connectivity index (χ0) is 19.8. The number of hydrogen-bond donors (Lipinski definition) is 1. The number of rotatable bonds is 9. The predicted octanol–water partition coefficient (Wildman–Crippen LogP) is 3.98. The Morgan fingerprint density at radius 3 is 2.67 bits per heavy atom. The van der Waals surface area contributed by atoms with Gasteiger partial charge in [-0.15, -0.1) is 0 Å². The van der Waals surface area contributed by atoms with Gasteiger partial charge in [0.15, 0.2) is 11.6 Å². The van der Waals surface area contributed by atoms with E-state index in [2.05, 4.69) is 19.2 Å². The molecule has 7 heteroatoms. The Labute approximate surface area is 159 Å². The van der Waals surface area contributed by atoms with Gasteiger partial charge >= 0.3 is 6.03 Å². The third kappa shape index (κ3) is 6.29. The Morgan fingerprint density at radius 2 is 2.07 bits per heavy atom. The van der Waals surface area contributed by atoms with Gasteiger partial charge in [-0.2, -0.15) is 0 Å². The monoisotopic (exact) mass is 378 g/mol. The Morgan fingerprint density at radius 1 is 1.30 bits per heavy atom. The maximum atomic E-state index is 13.8. The molecule has 1 unspecified atom stereocenters. The summed E-state index contributed by atoms with van der Waals surface area (Å²) in [6.07, 6.45) is 1.56. The Bertz CT molecular complexity index is 719. The van der Waals surface area contributed by atoms with E-state index in [1.165, 1.54) is 18.1 Å². The minimum atomic E-state index is -0.459. The number of benzene rings is 1. The van der Waals surface area contributed by atoms with Crippen LogP contribution in [0.5, 0.6) is 5.75 Å². The molecular formula is C20H27FN2O4. The smallest absolute Gasteiger partial charge is 0.318 e. The molecule has 0 saturated carbocycles. The van der Waals surface area contributed by atoms with Gasteiger partial charge < -0.3 is 24.1 Å². The first kappa shape index (κ1) is 20.8. The highest BCUT2D eigenvalue weighted by atomic mass is 19.1. The molecular weight excluding hydrogens is 351 g/mol. The second-order valence-corrected chi connectivity index (χ2v) is 6.77. The molecule has 0 saturated heterocycles. The van der Waals surface area contributed by atoms with Crippen LogP contribution in [0, 0.1) is 11.7 Å². The SMILES string of the molecule is COc1ccc(CN(C)C(=O)NC(COCC(C)C)c2ccco2)cc1F. The van der Waals surface area contributed by atoms with Crippen molar-refractivity contribution in [2.45, 2.75) is 26.4 Å². The molecule has 1 N–H and O–H groups in total. The molecule has 0 aliphatic carbocycles. The number of methoxy groups -OCH3 is 1.